The second-order valence-electron chi connectivity index (χ2n) is 24.7. The Kier molecular flexibility index (Phi) is 9.83. The Morgan fingerprint density at radius 3 is 1.01 bits per heavy atom. The van der Waals surface area contributed by atoms with Crippen LogP contribution in [0.2, 0.25) is 0 Å². The van der Waals surface area contributed by atoms with E-state index < -0.39 is 0 Å². The van der Waals surface area contributed by atoms with Gasteiger partial charge in [0.2, 0.25) is 0 Å². The number of nitrogens with zero attached hydrogens (tertiary/aromatic N) is 4. The van der Waals surface area contributed by atoms with Crippen LogP contribution in [0, 0.1) is 0 Å². The van der Waals surface area contributed by atoms with E-state index in [4.69, 9.17) is 13.3 Å². The molecule has 91 heavy (non-hydrogen) atoms. The fourth-order valence-corrected chi connectivity index (χ4v) is 15.9. The highest BCUT2D eigenvalue weighted by Gasteiger charge is 2.38. The lowest BCUT2D eigenvalue weighted by Gasteiger charge is -2.28. The molecule has 2 atom stereocenters. The van der Waals surface area contributed by atoms with Crippen LogP contribution in [0.3, 0.4) is 0 Å². The number of hydrogen-bond acceptors (Lipinski definition) is 4. The van der Waals surface area contributed by atoms with Crippen molar-refractivity contribution in [3.8, 4) is 39.3 Å². The Labute approximate surface area is 519 Å². The predicted octanol–water partition coefficient (Wildman–Crippen LogP) is 22.7. The third-order valence-electron chi connectivity index (χ3n) is 19.9. The number of allylic oxidation sites excluding steroid dienone is 2. The van der Waals surface area contributed by atoms with E-state index in [9.17, 15) is 0 Å². The monoisotopic (exact) mass is 1160 g/mol. The second-order valence-corrected chi connectivity index (χ2v) is 24.7. The van der Waals surface area contributed by atoms with Gasteiger partial charge in [0.25, 0.3) is 0 Å². The Balaban J connectivity index is 0.632. The molecule has 0 fully saturated rings. The minimum absolute atomic E-state index is 0.122. The zero-order valence-electron chi connectivity index (χ0n) is 48.9. The third kappa shape index (κ3) is 6.97. The van der Waals surface area contributed by atoms with Crippen LogP contribution in [0.15, 0.2) is 304 Å². The van der Waals surface area contributed by atoms with E-state index in [0.29, 0.717) is 0 Å². The molecule has 0 spiro atoms. The van der Waals surface area contributed by atoms with E-state index >= 15 is 0 Å². The highest BCUT2D eigenvalue weighted by atomic mass is 16.3. The molecule has 0 saturated carbocycles. The molecule has 7 heterocycles. The number of fused-ring (bicyclic) bond motifs is 21. The standard InChI is InChI=1S/C84H50N4O3/c1-7-19-71-57(13-1)58-14-2-8-20-72(58)85(71)53-29-37-81-67(45-53)65-43-51(27-35-79(65)89-81)52-28-36-80-66(44-52)68-46-55(31-38-82(68)90-80)87-75-23-11-5-17-61(75)63-41-49(25-33-77(63)87)50-26-34-78-64(42-50)62-18-6-12-24-76(62)88(78)56-32-40-84-70(48-56)69-47-54(30-39-83(69)91-84)86-73-21-9-3-15-59(73)60-16-4-10-22-74(60)86/h1-48,62,76H. The van der Waals surface area contributed by atoms with E-state index in [-0.39, 0.29) is 12.0 Å². The van der Waals surface area contributed by atoms with Gasteiger partial charge in [0, 0.05) is 99.0 Å². The number of anilines is 2. The fraction of sp³-hybridized carbons (Fsp3) is 0.0238. The van der Waals surface area contributed by atoms with Crippen LogP contribution in [-0.4, -0.2) is 19.7 Å². The smallest absolute Gasteiger partial charge is 0.135 e. The molecule has 6 aromatic heterocycles. The summed E-state index contributed by atoms with van der Waals surface area (Å²) < 4.78 is 26.8. The molecule has 2 unspecified atom stereocenters. The molecule has 0 bridgehead atoms. The average Bonchev–Trinajstić information content (AvgIpc) is 1.62. The van der Waals surface area contributed by atoms with Gasteiger partial charge in [-0.1, -0.05) is 140 Å². The third-order valence-corrected chi connectivity index (χ3v) is 19.9. The van der Waals surface area contributed by atoms with Crippen molar-refractivity contribution in [3.63, 3.8) is 0 Å². The summed E-state index contributed by atoms with van der Waals surface area (Å²) in [5, 5.41) is 13.9. The number of aromatic nitrogens is 3. The van der Waals surface area contributed by atoms with Crippen LogP contribution in [0.4, 0.5) is 11.4 Å². The molecule has 1 aliphatic heterocycles. The quantitative estimate of drug-likeness (QED) is 0.166. The SMILES string of the molecule is C1=CC2c3cc(-c4ccc5c(c4)c4ccccc4n5-c4ccc5oc6ccc(-c7ccc8oc9ccc(-n%10c%11ccccc%11c%11ccccc%11%10)cc9c8c7)cc6c5c4)ccc3N(c3ccc4oc5ccc(-n6c7ccccc7c7ccccc76)cc5c4c3)C2C=C1. The van der Waals surface area contributed by atoms with Crippen LogP contribution in [0.5, 0.6) is 0 Å². The van der Waals surface area contributed by atoms with Gasteiger partial charge in [-0.2, -0.15) is 0 Å². The molecular weight excluding hydrogens is 1110 g/mol. The molecule has 424 valence electrons. The minimum atomic E-state index is 0.122. The molecule has 0 radical (unpaired) electrons. The van der Waals surface area contributed by atoms with Gasteiger partial charge < -0.3 is 31.9 Å². The molecule has 21 rings (SSSR count). The van der Waals surface area contributed by atoms with Crippen molar-refractivity contribution < 1.29 is 13.3 Å². The fourth-order valence-electron chi connectivity index (χ4n) is 15.9. The van der Waals surface area contributed by atoms with E-state index in [2.05, 4.69) is 310 Å². The molecule has 7 heteroatoms. The molecule has 19 aromatic rings. The number of furan rings is 3. The summed E-state index contributed by atoms with van der Waals surface area (Å²) in [6, 6.07) is 97.4. The number of para-hydroxylation sites is 5. The van der Waals surface area contributed by atoms with Crippen molar-refractivity contribution in [1.82, 2.24) is 13.7 Å². The van der Waals surface area contributed by atoms with Gasteiger partial charge in [-0.05, 0) is 179 Å². The topological polar surface area (TPSA) is 57.5 Å². The van der Waals surface area contributed by atoms with Gasteiger partial charge in [0.1, 0.15) is 33.5 Å². The zero-order chi connectivity index (χ0) is 59.2. The largest absolute Gasteiger partial charge is 0.456 e. The summed E-state index contributed by atoms with van der Waals surface area (Å²) >= 11 is 0. The van der Waals surface area contributed by atoms with Crippen molar-refractivity contribution in [2.75, 3.05) is 4.90 Å². The van der Waals surface area contributed by atoms with Crippen molar-refractivity contribution in [1.29, 1.82) is 0 Å². The lowest BCUT2D eigenvalue weighted by Crippen LogP contribution is -2.28. The van der Waals surface area contributed by atoms with Crippen LogP contribution >= 0.6 is 0 Å². The summed E-state index contributed by atoms with van der Waals surface area (Å²) in [6.07, 6.45) is 9.14. The summed E-state index contributed by atoms with van der Waals surface area (Å²) in [6.45, 7) is 0. The summed E-state index contributed by atoms with van der Waals surface area (Å²) in [5.74, 6) is 0.183. The van der Waals surface area contributed by atoms with Crippen molar-refractivity contribution in [3.05, 3.63) is 297 Å². The van der Waals surface area contributed by atoms with Gasteiger partial charge >= 0.3 is 0 Å². The molecule has 0 amide bonds. The maximum Gasteiger partial charge on any atom is 0.135 e. The molecular formula is C84H50N4O3. The summed E-state index contributed by atoms with van der Waals surface area (Å²) in [7, 11) is 0. The van der Waals surface area contributed by atoms with Gasteiger partial charge in [-0.3, -0.25) is 0 Å². The molecule has 13 aromatic carbocycles. The maximum absolute atomic E-state index is 6.60. The van der Waals surface area contributed by atoms with Crippen LogP contribution in [0.25, 0.3) is 171 Å². The lowest BCUT2D eigenvalue weighted by atomic mass is 9.89. The van der Waals surface area contributed by atoms with Gasteiger partial charge in [-0.15, -0.1) is 0 Å². The first-order chi connectivity index (χ1) is 45.1. The summed E-state index contributed by atoms with van der Waals surface area (Å²) in [4.78, 5) is 2.53. The van der Waals surface area contributed by atoms with E-state index in [1.807, 2.05) is 0 Å². The Morgan fingerprint density at radius 1 is 0.242 bits per heavy atom. The number of rotatable bonds is 6. The van der Waals surface area contributed by atoms with Gasteiger partial charge in [0.05, 0.1) is 39.1 Å². The predicted molar refractivity (Wildman–Crippen MR) is 376 cm³/mol. The van der Waals surface area contributed by atoms with Gasteiger partial charge in [0.15, 0.2) is 0 Å². The minimum Gasteiger partial charge on any atom is -0.456 e. The van der Waals surface area contributed by atoms with E-state index in [0.717, 1.165) is 111 Å². The van der Waals surface area contributed by atoms with Gasteiger partial charge in [-0.25, -0.2) is 0 Å². The maximum atomic E-state index is 6.60. The normalized spacial score (nSPS) is 14.9. The number of hydrogen-bond donors (Lipinski definition) is 0. The van der Waals surface area contributed by atoms with Crippen LogP contribution in [0.1, 0.15) is 11.5 Å². The first-order valence-electron chi connectivity index (χ1n) is 31.3. The van der Waals surface area contributed by atoms with Crippen molar-refractivity contribution >= 4 is 143 Å². The molecule has 0 N–H and O–H groups in total. The highest BCUT2D eigenvalue weighted by Crippen LogP contribution is 2.51. The van der Waals surface area contributed by atoms with Crippen LogP contribution < -0.4 is 4.90 Å². The van der Waals surface area contributed by atoms with E-state index in [1.165, 1.54) is 76.8 Å². The second kappa shape index (κ2) is 18.3. The molecule has 7 nitrogen and oxygen atoms in total. The zero-order valence-corrected chi connectivity index (χ0v) is 48.9. The highest BCUT2D eigenvalue weighted by molar-refractivity contribution is 6.15. The van der Waals surface area contributed by atoms with E-state index in [1.54, 1.807) is 0 Å². The van der Waals surface area contributed by atoms with Crippen molar-refractivity contribution in [2.45, 2.75) is 12.0 Å². The Bertz CT molecular complexity index is 6340. The first-order valence-corrected chi connectivity index (χ1v) is 31.3. The first kappa shape index (κ1) is 49.0. The molecule has 0 saturated heterocycles. The number of benzene rings is 13. The Morgan fingerprint density at radius 2 is 0.560 bits per heavy atom. The van der Waals surface area contributed by atoms with Crippen molar-refractivity contribution in [2.24, 2.45) is 0 Å². The van der Waals surface area contributed by atoms with Crippen LogP contribution in [-0.2, 0) is 0 Å². The Hall–Kier alpha value is -12.1. The summed E-state index contributed by atoms with van der Waals surface area (Å²) in [5.41, 5.74) is 23.8. The average molecular weight is 1160 g/mol. The molecule has 1 aliphatic carbocycles. The lowest BCUT2D eigenvalue weighted by molar-refractivity contribution is 0.668. The molecule has 2 aliphatic rings.